The molecule has 0 aromatic carbocycles. The fraction of sp³-hybridized carbons (Fsp3) is 0.750. The number of rotatable bonds is 12. The average Bonchev–Trinajstić information content (AvgIpc) is 2.45. The Morgan fingerprint density at radius 1 is 0.952 bits per heavy atom. The lowest BCUT2D eigenvalue weighted by molar-refractivity contribution is -0.139. The number of carbonyl (C=O) groups is 2. The third kappa shape index (κ3) is 13.2. The highest BCUT2D eigenvalue weighted by molar-refractivity contribution is 5.86. The Bertz CT molecular complexity index is 315. The summed E-state index contributed by atoms with van der Waals surface area (Å²) in [4.78, 5) is 22.4. The summed E-state index contributed by atoms with van der Waals surface area (Å²) in [6, 6.07) is 0. The van der Waals surface area contributed by atoms with Crippen LogP contribution in [0, 0.1) is 0 Å². The van der Waals surface area contributed by atoms with E-state index in [0.29, 0.717) is 18.5 Å². The Kier molecular flexibility index (Phi) is 12.5. The van der Waals surface area contributed by atoms with Gasteiger partial charge in [0.1, 0.15) is 0 Å². The second-order valence-corrected chi connectivity index (χ2v) is 5.10. The normalized spacial score (nSPS) is 10.0. The van der Waals surface area contributed by atoms with Crippen LogP contribution in [0.15, 0.2) is 12.2 Å². The fourth-order valence-electron chi connectivity index (χ4n) is 1.66. The van der Waals surface area contributed by atoms with Crippen molar-refractivity contribution in [2.45, 2.75) is 58.8 Å². The number of alkyl carbamates (subject to hydrolysis) is 1. The molecular weight excluding hydrogens is 270 g/mol. The van der Waals surface area contributed by atoms with Gasteiger partial charge in [0.25, 0.3) is 0 Å². The lowest BCUT2D eigenvalue weighted by atomic mass is 10.1. The van der Waals surface area contributed by atoms with Gasteiger partial charge >= 0.3 is 12.1 Å². The summed E-state index contributed by atoms with van der Waals surface area (Å²) in [6.45, 7) is 8.38. The first kappa shape index (κ1) is 19.5. The molecule has 0 spiro atoms. The number of amides is 1. The molecule has 0 aromatic heterocycles. The maximum Gasteiger partial charge on any atom is 0.407 e. The van der Waals surface area contributed by atoms with E-state index in [4.69, 9.17) is 9.47 Å². The fourth-order valence-corrected chi connectivity index (χ4v) is 1.66. The topological polar surface area (TPSA) is 64.6 Å². The van der Waals surface area contributed by atoms with Crippen molar-refractivity contribution in [3.8, 4) is 0 Å². The lowest BCUT2D eigenvalue weighted by Crippen LogP contribution is -2.26. The number of carbonyl (C=O) groups excluding carboxylic acids is 2. The number of esters is 1. The summed E-state index contributed by atoms with van der Waals surface area (Å²) in [6.07, 6.45) is 7.21. The molecule has 0 unspecified atom stereocenters. The Balaban J connectivity index is 3.31. The van der Waals surface area contributed by atoms with E-state index in [1.165, 1.54) is 25.7 Å². The molecule has 0 aliphatic rings. The SMILES string of the molecule is C=C(C)C(=O)OCCCOC(=O)NCCCCCCCC. The van der Waals surface area contributed by atoms with E-state index >= 15 is 0 Å². The number of hydrogen-bond acceptors (Lipinski definition) is 4. The molecule has 5 heteroatoms. The van der Waals surface area contributed by atoms with Crippen molar-refractivity contribution in [3.05, 3.63) is 12.2 Å². The monoisotopic (exact) mass is 299 g/mol. The highest BCUT2D eigenvalue weighted by Crippen LogP contribution is 2.04. The van der Waals surface area contributed by atoms with Gasteiger partial charge in [-0.3, -0.25) is 0 Å². The largest absolute Gasteiger partial charge is 0.462 e. The molecular formula is C16H29NO4. The van der Waals surface area contributed by atoms with Crippen molar-refractivity contribution < 1.29 is 19.1 Å². The average molecular weight is 299 g/mol. The third-order valence-corrected chi connectivity index (χ3v) is 2.90. The Labute approximate surface area is 128 Å². The first-order chi connectivity index (χ1) is 10.1. The van der Waals surface area contributed by atoms with Crippen molar-refractivity contribution >= 4 is 12.1 Å². The number of nitrogens with one attached hydrogen (secondary N) is 1. The zero-order valence-corrected chi connectivity index (χ0v) is 13.4. The van der Waals surface area contributed by atoms with Gasteiger partial charge in [-0.2, -0.15) is 0 Å². The maximum atomic E-state index is 11.3. The van der Waals surface area contributed by atoms with Crippen molar-refractivity contribution in [3.63, 3.8) is 0 Å². The van der Waals surface area contributed by atoms with Crippen LogP contribution in [0.4, 0.5) is 4.79 Å². The van der Waals surface area contributed by atoms with E-state index in [0.717, 1.165) is 12.8 Å². The van der Waals surface area contributed by atoms with Crippen LogP contribution >= 0.6 is 0 Å². The zero-order valence-electron chi connectivity index (χ0n) is 13.4. The van der Waals surface area contributed by atoms with E-state index in [1.807, 2.05) is 0 Å². The van der Waals surface area contributed by atoms with Gasteiger partial charge < -0.3 is 14.8 Å². The van der Waals surface area contributed by atoms with Crippen molar-refractivity contribution in [1.29, 1.82) is 0 Å². The van der Waals surface area contributed by atoms with E-state index < -0.39 is 12.1 Å². The Morgan fingerprint density at radius 2 is 1.57 bits per heavy atom. The molecule has 0 aliphatic carbocycles. The van der Waals surface area contributed by atoms with Crippen LogP contribution in [0.25, 0.3) is 0 Å². The van der Waals surface area contributed by atoms with Crippen LogP contribution in [-0.2, 0) is 14.3 Å². The molecule has 0 saturated carbocycles. The molecule has 0 atom stereocenters. The number of hydrogen-bond donors (Lipinski definition) is 1. The highest BCUT2D eigenvalue weighted by Gasteiger charge is 2.04. The molecule has 21 heavy (non-hydrogen) atoms. The highest BCUT2D eigenvalue weighted by atomic mass is 16.6. The van der Waals surface area contributed by atoms with Gasteiger partial charge in [0.05, 0.1) is 13.2 Å². The second kappa shape index (κ2) is 13.5. The van der Waals surface area contributed by atoms with Crippen LogP contribution in [0.3, 0.4) is 0 Å². The molecule has 0 heterocycles. The zero-order chi connectivity index (χ0) is 15.9. The summed E-state index contributed by atoms with van der Waals surface area (Å²) in [5.41, 5.74) is 0.368. The molecule has 0 rings (SSSR count). The van der Waals surface area contributed by atoms with Gasteiger partial charge in [0.15, 0.2) is 0 Å². The predicted octanol–water partition coefficient (Wildman–Crippen LogP) is 3.58. The van der Waals surface area contributed by atoms with Crippen molar-refractivity contribution in [1.82, 2.24) is 5.32 Å². The quantitative estimate of drug-likeness (QED) is 0.340. The Hall–Kier alpha value is -1.52. The van der Waals surface area contributed by atoms with Crippen LogP contribution in [0.1, 0.15) is 58.8 Å². The summed E-state index contributed by atoms with van der Waals surface area (Å²) in [5.74, 6) is -0.414. The molecule has 0 radical (unpaired) electrons. The minimum absolute atomic E-state index is 0.233. The van der Waals surface area contributed by atoms with E-state index in [-0.39, 0.29) is 13.2 Å². The lowest BCUT2D eigenvalue weighted by Gasteiger charge is -2.07. The van der Waals surface area contributed by atoms with Crippen LogP contribution in [0.5, 0.6) is 0 Å². The molecule has 122 valence electrons. The smallest absolute Gasteiger partial charge is 0.407 e. The molecule has 0 saturated heterocycles. The molecule has 5 nitrogen and oxygen atoms in total. The van der Waals surface area contributed by atoms with Crippen LogP contribution < -0.4 is 5.32 Å². The number of unbranched alkanes of at least 4 members (excludes halogenated alkanes) is 5. The van der Waals surface area contributed by atoms with Crippen molar-refractivity contribution in [2.75, 3.05) is 19.8 Å². The minimum atomic E-state index is -0.414. The third-order valence-electron chi connectivity index (χ3n) is 2.90. The molecule has 1 amide bonds. The van der Waals surface area contributed by atoms with Gasteiger partial charge in [-0.05, 0) is 13.3 Å². The molecule has 0 aliphatic heterocycles. The summed E-state index contributed by atoms with van der Waals surface area (Å²) >= 11 is 0. The summed E-state index contributed by atoms with van der Waals surface area (Å²) < 4.78 is 9.85. The van der Waals surface area contributed by atoms with E-state index in [2.05, 4.69) is 18.8 Å². The van der Waals surface area contributed by atoms with E-state index in [9.17, 15) is 9.59 Å². The maximum absolute atomic E-state index is 11.3. The van der Waals surface area contributed by atoms with Gasteiger partial charge in [-0.25, -0.2) is 9.59 Å². The predicted molar refractivity (Wildman–Crippen MR) is 83.1 cm³/mol. The Morgan fingerprint density at radius 3 is 2.24 bits per heavy atom. The van der Waals surface area contributed by atoms with Gasteiger partial charge in [0.2, 0.25) is 0 Å². The summed E-state index contributed by atoms with van der Waals surface area (Å²) in [5, 5.41) is 2.71. The van der Waals surface area contributed by atoms with Crippen LogP contribution in [-0.4, -0.2) is 31.8 Å². The second-order valence-electron chi connectivity index (χ2n) is 5.10. The van der Waals surface area contributed by atoms with Gasteiger partial charge in [-0.15, -0.1) is 0 Å². The molecule has 0 fully saturated rings. The van der Waals surface area contributed by atoms with Gasteiger partial charge in [-0.1, -0.05) is 45.6 Å². The summed E-state index contributed by atoms with van der Waals surface area (Å²) in [7, 11) is 0. The first-order valence-corrected chi connectivity index (χ1v) is 7.81. The van der Waals surface area contributed by atoms with Crippen LogP contribution in [0.2, 0.25) is 0 Å². The molecule has 0 aromatic rings. The standard InChI is InChI=1S/C16H29NO4/c1-4-5-6-7-8-9-11-17-16(19)21-13-10-12-20-15(18)14(2)3/h2,4-13H2,1,3H3,(H,17,19). The molecule has 0 bridgehead atoms. The first-order valence-electron chi connectivity index (χ1n) is 7.81. The van der Waals surface area contributed by atoms with Gasteiger partial charge in [0, 0.05) is 18.5 Å². The van der Waals surface area contributed by atoms with E-state index in [1.54, 1.807) is 6.92 Å². The van der Waals surface area contributed by atoms with Crippen molar-refractivity contribution in [2.24, 2.45) is 0 Å². The minimum Gasteiger partial charge on any atom is -0.462 e. The number of ether oxygens (including phenoxy) is 2. The molecule has 1 N–H and O–H groups in total.